The van der Waals surface area contributed by atoms with Crippen molar-refractivity contribution in [3.63, 3.8) is 0 Å². The predicted octanol–water partition coefficient (Wildman–Crippen LogP) is 0.993. The topological polar surface area (TPSA) is 147 Å². The summed E-state index contributed by atoms with van der Waals surface area (Å²) in [7, 11) is -3.96. The molecule has 2 rings (SSSR count). The molecule has 0 spiro atoms. The molecule has 1 radical (unpaired) electrons. The number of phenolic OH excluding ortho intramolecular Hbond substituents is 1. The van der Waals surface area contributed by atoms with Crippen LogP contribution in [0.15, 0.2) is 47.4 Å². The van der Waals surface area contributed by atoms with Gasteiger partial charge < -0.3 is 15.2 Å². The van der Waals surface area contributed by atoms with Gasteiger partial charge >= 0.3 is 0 Å². The van der Waals surface area contributed by atoms with Crippen LogP contribution in [0, 0.1) is 0 Å². The van der Waals surface area contributed by atoms with E-state index < -0.39 is 22.0 Å². The molecule has 0 saturated heterocycles. The minimum absolute atomic E-state index is 0. The summed E-state index contributed by atoms with van der Waals surface area (Å²) >= 11 is 0. The fraction of sp³-hybridized carbons (Fsp3) is 0.238. The molecule has 0 aliphatic carbocycles. The van der Waals surface area contributed by atoms with Crippen LogP contribution >= 0.6 is 0 Å². The molecule has 0 bridgehead atoms. The van der Waals surface area contributed by atoms with Gasteiger partial charge in [-0.1, -0.05) is 24.3 Å². The number of amides is 1. The molecule has 0 unspecified atom stereocenters. The Hall–Kier alpha value is -2.27. The Bertz CT molecular complexity index is 1120. The number of carbonyl (C=O) groups is 3. The van der Waals surface area contributed by atoms with E-state index in [1.807, 2.05) is 0 Å². The SMILES string of the molecule is CC(=O)C[C@H](NC(=O)c1ccc(CNS(=O)(=O)c2ccc(O)c([C-]=O)c2)cc1)C(C)=O.[Y]. The fourth-order valence-corrected chi connectivity index (χ4v) is 3.67. The number of carbonyl (C=O) groups excluding carboxylic acids is 4. The molecule has 2 aromatic rings. The smallest absolute Gasteiger partial charge is 0.251 e. The van der Waals surface area contributed by atoms with E-state index in [0.29, 0.717) is 5.56 Å². The Morgan fingerprint density at radius 1 is 1.06 bits per heavy atom. The first-order valence-electron chi connectivity index (χ1n) is 9.14. The van der Waals surface area contributed by atoms with Gasteiger partial charge in [-0.3, -0.25) is 14.4 Å². The second kappa shape index (κ2) is 12.1. The monoisotopic (exact) mass is 534 g/mol. The molecule has 1 atom stereocenters. The van der Waals surface area contributed by atoms with Crippen molar-refractivity contribution in [3.8, 4) is 5.75 Å². The standard InChI is InChI=1S/C21H21N2O7S.Y/c1-13(25)9-19(14(2)26)23-21(28)16-5-3-15(4-6-16)11-22-31(29,30)18-7-8-20(27)17(10-18)12-24;/h3-8,10,19,22,27H,9,11H2,1-2H3,(H,23,28);/q-1;/t19-;/m0./s1. The molecule has 1 amide bonds. The maximum absolute atomic E-state index is 12.4. The van der Waals surface area contributed by atoms with E-state index in [1.165, 1.54) is 44.4 Å². The number of aromatic hydroxyl groups is 1. The van der Waals surface area contributed by atoms with E-state index in [4.69, 9.17) is 0 Å². The van der Waals surface area contributed by atoms with Gasteiger partial charge in [0.1, 0.15) is 5.78 Å². The summed E-state index contributed by atoms with van der Waals surface area (Å²) in [6, 6.07) is 8.33. The summed E-state index contributed by atoms with van der Waals surface area (Å²) in [5, 5.41) is 12.0. The van der Waals surface area contributed by atoms with Crippen molar-refractivity contribution in [1.29, 1.82) is 0 Å². The van der Waals surface area contributed by atoms with E-state index in [2.05, 4.69) is 10.0 Å². The largest absolute Gasteiger partial charge is 0.565 e. The number of rotatable bonds is 10. The summed E-state index contributed by atoms with van der Waals surface area (Å²) < 4.78 is 27.1. The first kappa shape index (κ1) is 27.8. The van der Waals surface area contributed by atoms with Gasteiger partial charge in [-0.15, -0.1) is 11.6 Å². The molecule has 32 heavy (non-hydrogen) atoms. The number of Topliss-reactive ketones (excluding diaryl/α,β-unsaturated/α-hetero) is 2. The van der Waals surface area contributed by atoms with Crippen LogP contribution in [0.2, 0.25) is 0 Å². The van der Waals surface area contributed by atoms with Crippen LogP contribution in [-0.2, 0) is 63.7 Å². The quantitative estimate of drug-likeness (QED) is 0.386. The molecule has 11 heteroatoms. The molecule has 0 saturated carbocycles. The molecule has 3 N–H and O–H groups in total. The average molecular weight is 534 g/mol. The van der Waals surface area contributed by atoms with Crippen LogP contribution in [0.3, 0.4) is 0 Å². The van der Waals surface area contributed by atoms with Crippen LogP contribution in [0.1, 0.15) is 41.8 Å². The maximum Gasteiger partial charge on any atom is 0.251 e. The zero-order valence-electron chi connectivity index (χ0n) is 17.4. The van der Waals surface area contributed by atoms with Gasteiger partial charge in [0.15, 0.2) is 5.78 Å². The normalized spacial score (nSPS) is 11.7. The molecule has 9 nitrogen and oxygen atoms in total. The van der Waals surface area contributed by atoms with Gasteiger partial charge in [0.25, 0.3) is 5.91 Å². The van der Waals surface area contributed by atoms with Crippen molar-refractivity contribution >= 4 is 33.8 Å². The van der Waals surface area contributed by atoms with Crippen molar-refractivity contribution in [2.75, 3.05) is 0 Å². The third kappa shape index (κ3) is 7.70. The summed E-state index contributed by atoms with van der Waals surface area (Å²) in [6.45, 7) is 2.52. The van der Waals surface area contributed by atoms with Crippen molar-refractivity contribution in [2.24, 2.45) is 0 Å². The van der Waals surface area contributed by atoms with Crippen LogP contribution < -0.4 is 10.0 Å². The number of hydrogen-bond acceptors (Lipinski definition) is 7. The zero-order chi connectivity index (χ0) is 23.2. The third-order valence-corrected chi connectivity index (χ3v) is 5.76. The summed E-state index contributed by atoms with van der Waals surface area (Å²) in [5.74, 6) is -1.47. The van der Waals surface area contributed by atoms with Gasteiger partial charge in [-0.2, -0.15) is 0 Å². The molecule has 0 aliphatic rings. The van der Waals surface area contributed by atoms with E-state index >= 15 is 0 Å². The van der Waals surface area contributed by atoms with E-state index in [0.717, 1.165) is 18.2 Å². The molecule has 0 aliphatic heterocycles. The minimum atomic E-state index is -3.96. The summed E-state index contributed by atoms with van der Waals surface area (Å²) in [5.41, 5.74) is 0.519. The number of nitrogens with one attached hydrogen (secondary N) is 2. The number of phenols is 1. The second-order valence-electron chi connectivity index (χ2n) is 6.85. The Balaban J connectivity index is 0.00000512. The van der Waals surface area contributed by atoms with Gasteiger partial charge in [-0.25, -0.2) is 13.1 Å². The van der Waals surface area contributed by atoms with Gasteiger partial charge in [0.05, 0.1) is 12.3 Å². The molecule has 0 fully saturated rings. The fourth-order valence-electron chi connectivity index (χ4n) is 2.63. The zero-order valence-corrected chi connectivity index (χ0v) is 21.1. The number of ketones is 2. The minimum Gasteiger partial charge on any atom is -0.565 e. The molecule has 2 aromatic carbocycles. The molecule has 0 heterocycles. The Morgan fingerprint density at radius 2 is 1.69 bits per heavy atom. The summed E-state index contributed by atoms with van der Waals surface area (Å²) in [6.07, 6.45) is 1.36. The van der Waals surface area contributed by atoms with Crippen LogP contribution in [0.4, 0.5) is 0 Å². The molecule has 0 aromatic heterocycles. The van der Waals surface area contributed by atoms with Crippen molar-refractivity contribution in [2.45, 2.75) is 37.8 Å². The number of benzene rings is 2. The third-order valence-electron chi connectivity index (χ3n) is 4.36. The number of sulfonamides is 1. The van der Waals surface area contributed by atoms with Crippen molar-refractivity contribution in [3.05, 3.63) is 59.2 Å². The first-order chi connectivity index (χ1) is 14.5. The van der Waals surface area contributed by atoms with E-state index in [1.54, 1.807) is 0 Å². The summed E-state index contributed by atoms with van der Waals surface area (Å²) in [4.78, 5) is 45.7. The maximum atomic E-state index is 12.4. The van der Waals surface area contributed by atoms with Crippen LogP contribution in [-0.4, -0.2) is 43.3 Å². The first-order valence-corrected chi connectivity index (χ1v) is 10.6. The Kier molecular flexibility index (Phi) is 10.5. The number of hydrogen-bond donors (Lipinski definition) is 3. The predicted molar refractivity (Wildman–Crippen MR) is 111 cm³/mol. The van der Waals surface area contributed by atoms with Crippen molar-refractivity contribution < 1.29 is 65.4 Å². The Morgan fingerprint density at radius 3 is 2.22 bits per heavy atom. The Labute approximate surface area is 210 Å². The molecular formula is C21H21N2O7SY-. The molecule has 167 valence electrons. The van der Waals surface area contributed by atoms with E-state index in [-0.39, 0.29) is 79.0 Å². The molecular weight excluding hydrogens is 513 g/mol. The van der Waals surface area contributed by atoms with Crippen molar-refractivity contribution in [1.82, 2.24) is 10.0 Å². The average Bonchev–Trinajstić information content (AvgIpc) is 2.72. The second-order valence-corrected chi connectivity index (χ2v) is 8.61. The van der Waals surface area contributed by atoms with E-state index in [9.17, 15) is 32.7 Å². The van der Waals surface area contributed by atoms with Crippen LogP contribution in [0.25, 0.3) is 0 Å². The van der Waals surface area contributed by atoms with Gasteiger partial charge in [0, 0.05) is 61.9 Å². The van der Waals surface area contributed by atoms with Gasteiger partial charge in [0.2, 0.25) is 10.0 Å². The van der Waals surface area contributed by atoms with Crippen LogP contribution in [0.5, 0.6) is 5.75 Å². The van der Waals surface area contributed by atoms with Gasteiger partial charge in [-0.05, 0) is 31.5 Å².